The largest absolute Gasteiger partial charge is 0.743 e. The van der Waals surface area contributed by atoms with Crippen molar-refractivity contribution in [2.24, 2.45) is 23.2 Å². The van der Waals surface area contributed by atoms with Crippen LogP contribution in [0.3, 0.4) is 0 Å². The van der Waals surface area contributed by atoms with Gasteiger partial charge in [0.2, 0.25) is 0 Å². The Morgan fingerprint density at radius 2 is 1.48 bits per heavy atom. The molecule has 4 fully saturated rings. The van der Waals surface area contributed by atoms with E-state index in [9.17, 15) is 35.3 Å². The van der Waals surface area contributed by atoms with E-state index in [1.54, 1.807) is 0 Å². The summed E-state index contributed by atoms with van der Waals surface area (Å²) in [6.45, 7) is -0.188. The summed E-state index contributed by atoms with van der Waals surface area (Å²) in [7, 11) is -6.46. The van der Waals surface area contributed by atoms with Crippen LogP contribution in [0, 0.1) is 23.2 Å². The number of hydrogen-bond donors (Lipinski definition) is 0. The van der Waals surface area contributed by atoms with E-state index < -0.39 is 39.6 Å². The van der Waals surface area contributed by atoms with Crippen LogP contribution in [0.5, 0.6) is 0 Å². The van der Waals surface area contributed by atoms with Gasteiger partial charge in [0.1, 0.15) is 0 Å². The molecule has 0 spiro atoms. The van der Waals surface area contributed by atoms with Crippen molar-refractivity contribution in [3.63, 3.8) is 0 Å². The molecule has 0 heterocycles. The molecule has 0 aliphatic heterocycles. The lowest BCUT2D eigenvalue weighted by Crippen LogP contribution is -2.50. The molecule has 0 unspecified atom stereocenters. The molecule has 0 radical (unpaired) electrons. The average Bonchev–Trinajstić information content (AvgIpc) is 2.51. The fourth-order valence-electron chi connectivity index (χ4n) is 5.46. The molecule has 0 atom stereocenters. The molecular formula is C17H23F4O5S-. The van der Waals surface area contributed by atoms with Gasteiger partial charge in [-0.1, -0.05) is 0 Å². The molecule has 4 aliphatic rings. The first-order valence-corrected chi connectivity index (χ1v) is 10.7. The SMILES string of the molecule is O=C(OCCCCC(F)(F)C(F)(F)S(=O)(=O)[O-])C12CC3CC(CC(C3)C1)C2. The molecule has 0 N–H and O–H groups in total. The van der Waals surface area contributed by atoms with E-state index in [-0.39, 0.29) is 19.0 Å². The molecule has 4 aliphatic carbocycles. The Morgan fingerprint density at radius 1 is 1.00 bits per heavy atom. The molecule has 27 heavy (non-hydrogen) atoms. The first kappa shape index (κ1) is 20.8. The number of alkyl halides is 4. The van der Waals surface area contributed by atoms with E-state index in [1.165, 1.54) is 0 Å². The van der Waals surface area contributed by atoms with Gasteiger partial charge in [0.05, 0.1) is 12.0 Å². The van der Waals surface area contributed by atoms with E-state index in [0.717, 1.165) is 38.5 Å². The molecule has 0 aromatic heterocycles. The molecule has 4 rings (SSSR count). The predicted octanol–water partition coefficient (Wildman–Crippen LogP) is 3.69. The molecular weight excluding hydrogens is 392 g/mol. The highest BCUT2D eigenvalue weighted by molar-refractivity contribution is 7.86. The number of rotatable bonds is 8. The van der Waals surface area contributed by atoms with Gasteiger partial charge in [-0.05, 0) is 69.1 Å². The minimum absolute atomic E-state index is 0.108. The number of hydrogen-bond acceptors (Lipinski definition) is 5. The summed E-state index contributed by atoms with van der Waals surface area (Å²) < 4.78 is 89.0. The second-order valence-electron chi connectivity index (χ2n) is 8.47. The molecule has 0 aromatic carbocycles. The van der Waals surface area contributed by atoms with Crippen LogP contribution >= 0.6 is 0 Å². The molecule has 4 bridgehead atoms. The zero-order valence-corrected chi connectivity index (χ0v) is 15.6. The summed E-state index contributed by atoms with van der Waals surface area (Å²) in [6.07, 6.45) is 3.76. The van der Waals surface area contributed by atoms with Crippen molar-refractivity contribution in [2.75, 3.05) is 6.61 Å². The van der Waals surface area contributed by atoms with Crippen molar-refractivity contribution in [1.29, 1.82) is 0 Å². The van der Waals surface area contributed by atoms with Gasteiger partial charge in [0.15, 0.2) is 10.1 Å². The number of carbonyl (C=O) groups is 1. The summed E-state index contributed by atoms with van der Waals surface area (Å²) in [4.78, 5) is 12.5. The lowest BCUT2D eigenvalue weighted by atomic mass is 9.49. The predicted molar refractivity (Wildman–Crippen MR) is 85.0 cm³/mol. The zero-order valence-electron chi connectivity index (χ0n) is 14.8. The summed E-state index contributed by atoms with van der Waals surface area (Å²) in [5.41, 5.74) is -0.484. The number of esters is 1. The molecule has 0 saturated heterocycles. The van der Waals surface area contributed by atoms with Gasteiger partial charge < -0.3 is 9.29 Å². The van der Waals surface area contributed by atoms with Crippen molar-refractivity contribution in [3.8, 4) is 0 Å². The third kappa shape index (κ3) is 3.83. The van der Waals surface area contributed by atoms with Gasteiger partial charge in [-0.3, -0.25) is 4.79 Å². The average molecular weight is 415 g/mol. The van der Waals surface area contributed by atoms with Crippen molar-refractivity contribution >= 4 is 16.1 Å². The second kappa shape index (κ2) is 6.86. The molecule has 10 heteroatoms. The van der Waals surface area contributed by atoms with Crippen LogP contribution in [0.2, 0.25) is 0 Å². The number of halogens is 4. The first-order chi connectivity index (χ1) is 12.4. The highest BCUT2D eigenvalue weighted by Gasteiger charge is 2.61. The Labute approximate surface area is 155 Å². The second-order valence-corrected chi connectivity index (χ2v) is 9.89. The van der Waals surface area contributed by atoms with Crippen molar-refractivity contribution < 1.29 is 40.1 Å². The van der Waals surface area contributed by atoms with Crippen molar-refractivity contribution in [2.45, 2.75) is 69.0 Å². The van der Waals surface area contributed by atoms with E-state index in [4.69, 9.17) is 4.74 Å². The van der Waals surface area contributed by atoms with Crippen LogP contribution in [0.1, 0.15) is 57.8 Å². The number of unbranched alkanes of at least 4 members (excludes halogenated alkanes) is 1. The smallest absolute Gasteiger partial charge is 0.396 e. The minimum atomic E-state index is -6.46. The van der Waals surface area contributed by atoms with Gasteiger partial charge in [-0.25, -0.2) is 8.42 Å². The number of ether oxygens (including phenoxy) is 1. The van der Waals surface area contributed by atoms with Gasteiger partial charge in [0.25, 0.3) is 0 Å². The van der Waals surface area contributed by atoms with E-state index in [1.807, 2.05) is 0 Å². The standard InChI is InChI=1S/C17H24F4O5S/c18-16(19,17(20,21)27(23,24)25)3-1-2-4-26-14(22)15-8-11-5-12(9-15)7-13(6-11)10-15/h11-13H,1-10H2,(H,23,24,25)/p-1. The molecule has 156 valence electrons. The molecule has 0 amide bonds. The fourth-order valence-corrected chi connectivity index (χ4v) is 5.92. The Bertz CT molecular complexity index is 656. The highest BCUT2D eigenvalue weighted by Crippen LogP contribution is 2.60. The van der Waals surface area contributed by atoms with Crippen LogP contribution in [0.4, 0.5) is 17.6 Å². The van der Waals surface area contributed by atoms with Gasteiger partial charge >= 0.3 is 17.1 Å². The number of carbonyl (C=O) groups excluding carboxylic acids is 1. The van der Waals surface area contributed by atoms with E-state index in [2.05, 4.69) is 0 Å². The van der Waals surface area contributed by atoms with Crippen LogP contribution in [0.25, 0.3) is 0 Å². The lowest BCUT2D eigenvalue weighted by Gasteiger charge is -2.55. The van der Waals surface area contributed by atoms with Crippen LogP contribution in [0.15, 0.2) is 0 Å². The van der Waals surface area contributed by atoms with Gasteiger partial charge in [-0.2, -0.15) is 17.6 Å². The normalized spacial score (nSPS) is 33.3. The van der Waals surface area contributed by atoms with Crippen LogP contribution < -0.4 is 0 Å². The zero-order chi connectivity index (χ0) is 20.1. The first-order valence-electron chi connectivity index (χ1n) is 9.25. The topological polar surface area (TPSA) is 83.5 Å². The Hall–Kier alpha value is -0.900. The van der Waals surface area contributed by atoms with Gasteiger partial charge in [-0.15, -0.1) is 0 Å². The maximum absolute atomic E-state index is 13.4. The summed E-state index contributed by atoms with van der Waals surface area (Å²) >= 11 is 0. The Balaban J connectivity index is 1.45. The lowest BCUT2D eigenvalue weighted by molar-refractivity contribution is -0.172. The maximum Gasteiger partial charge on any atom is 0.396 e. The highest BCUT2D eigenvalue weighted by atomic mass is 32.2. The maximum atomic E-state index is 13.4. The van der Waals surface area contributed by atoms with Crippen LogP contribution in [-0.4, -0.2) is 36.7 Å². The monoisotopic (exact) mass is 415 g/mol. The van der Waals surface area contributed by atoms with Gasteiger partial charge in [0, 0.05) is 6.42 Å². The molecule has 4 saturated carbocycles. The van der Waals surface area contributed by atoms with Crippen molar-refractivity contribution in [3.05, 3.63) is 0 Å². The summed E-state index contributed by atoms with van der Waals surface area (Å²) in [5.74, 6) is -3.67. The fraction of sp³-hybridized carbons (Fsp3) is 0.941. The van der Waals surface area contributed by atoms with E-state index in [0.29, 0.717) is 17.8 Å². The van der Waals surface area contributed by atoms with Crippen LogP contribution in [-0.2, 0) is 19.6 Å². The summed E-state index contributed by atoms with van der Waals surface area (Å²) in [6, 6.07) is 0. The quantitative estimate of drug-likeness (QED) is 0.261. The summed E-state index contributed by atoms with van der Waals surface area (Å²) in [5, 5.41) is -5.66. The molecule has 5 nitrogen and oxygen atoms in total. The Morgan fingerprint density at radius 3 is 1.93 bits per heavy atom. The third-order valence-corrected chi connectivity index (χ3v) is 7.26. The third-order valence-electron chi connectivity index (χ3n) is 6.33. The van der Waals surface area contributed by atoms with Crippen molar-refractivity contribution in [1.82, 2.24) is 0 Å². The van der Waals surface area contributed by atoms with E-state index >= 15 is 0 Å². The molecule has 0 aromatic rings. The Kier molecular flexibility index (Phi) is 5.29. The minimum Gasteiger partial charge on any atom is -0.743 e.